The highest BCUT2D eigenvalue weighted by molar-refractivity contribution is 5.86. The minimum absolute atomic E-state index is 0.195. The SMILES string of the molecule is CC(OC(=O)c1cn(C(C)(C)C)nn1)c1ccc(-n2cncn2)cc1. The quantitative estimate of drug-likeness (QED) is 0.678. The Hall–Kier alpha value is -3.03. The molecule has 0 bridgehead atoms. The van der Waals surface area contributed by atoms with Gasteiger partial charge in [0.15, 0.2) is 5.69 Å². The fourth-order valence-corrected chi connectivity index (χ4v) is 2.21. The molecule has 0 aliphatic carbocycles. The highest BCUT2D eigenvalue weighted by Crippen LogP contribution is 2.20. The smallest absolute Gasteiger partial charge is 0.361 e. The molecule has 0 spiro atoms. The first-order chi connectivity index (χ1) is 11.8. The standard InChI is InChI=1S/C17H20N6O2/c1-12(13-5-7-14(8-6-13)22-11-18-10-19-22)25-16(24)15-9-23(21-20-15)17(2,3)4/h5-12H,1-4H3. The third kappa shape index (κ3) is 3.73. The molecular weight excluding hydrogens is 320 g/mol. The Balaban J connectivity index is 1.68. The molecule has 1 unspecified atom stereocenters. The van der Waals surface area contributed by atoms with E-state index >= 15 is 0 Å². The summed E-state index contributed by atoms with van der Waals surface area (Å²) in [5, 5.41) is 11.9. The molecule has 3 rings (SSSR count). The third-order valence-electron chi connectivity index (χ3n) is 3.72. The molecule has 0 aliphatic heterocycles. The van der Waals surface area contributed by atoms with Gasteiger partial charge in [-0.05, 0) is 45.4 Å². The van der Waals surface area contributed by atoms with E-state index in [0.29, 0.717) is 0 Å². The van der Waals surface area contributed by atoms with Gasteiger partial charge in [0.2, 0.25) is 0 Å². The molecule has 8 nitrogen and oxygen atoms in total. The van der Waals surface area contributed by atoms with E-state index in [-0.39, 0.29) is 11.2 Å². The van der Waals surface area contributed by atoms with E-state index in [4.69, 9.17) is 4.74 Å². The Morgan fingerprint density at radius 2 is 1.92 bits per heavy atom. The van der Waals surface area contributed by atoms with Crippen molar-refractivity contribution in [2.45, 2.75) is 39.3 Å². The molecule has 130 valence electrons. The Bertz CT molecular complexity index is 846. The van der Waals surface area contributed by atoms with Crippen LogP contribution in [0.1, 0.15) is 49.9 Å². The van der Waals surface area contributed by atoms with Crippen LogP contribution in [-0.4, -0.2) is 35.7 Å². The van der Waals surface area contributed by atoms with Crippen LogP contribution in [-0.2, 0) is 10.3 Å². The van der Waals surface area contributed by atoms with Gasteiger partial charge in [-0.25, -0.2) is 19.1 Å². The third-order valence-corrected chi connectivity index (χ3v) is 3.72. The highest BCUT2D eigenvalue weighted by atomic mass is 16.5. The zero-order valence-corrected chi connectivity index (χ0v) is 14.6. The van der Waals surface area contributed by atoms with E-state index in [2.05, 4.69) is 20.4 Å². The Morgan fingerprint density at radius 3 is 2.48 bits per heavy atom. The Labute approximate surface area is 145 Å². The molecular formula is C17H20N6O2. The van der Waals surface area contributed by atoms with Gasteiger partial charge in [0, 0.05) is 0 Å². The predicted molar refractivity (Wildman–Crippen MR) is 90.2 cm³/mol. The summed E-state index contributed by atoms with van der Waals surface area (Å²) in [5.41, 5.74) is 1.71. The minimum Gasteiger partial charge on any atom is -0.453 e. The largest absolute Gasteiger partial charge is 0.453 e. The molecule has 0 saturated carbocycles. The van der Waals surface area contributed by atoms with Gasteiger partial charge in [-0.15, -0.1) is 5.10 Å². The Morgan fingerprint density at radius 1 is 1.20 bits per heavy atom. The van der Waals surface area contributed by atoms with Crippen molar-refractivity contribution in [1.82, 2.24) is 29.8 Å². The molecule has 1 atom stereocenters. The van der Waals surface area contributed by atoms with Crippen molar-refractivity contribution >= 4 is 5.97 Å². The van der Waals surface area contributed by atoms with Crippen molar-refractivity contribution in [2.24, 2.45) is 0 Å². The van der Waals surface area contributed by atoms with Crippen LogP contribution < -0.4 is 0 Å². The second kappa shape index (κ2) is 6.46. The van der Waals surface area contributed by atoms with Crippen LogP contribution >= 0.6 is 0 Å². The maximum Gasteiger partial charge on any atom is 0.361 e. The fourth-order valence-electron chi connectivity index (χ4n) is 2.21. The van der Waals surface area contributed by atoms with Crippen molar-refractivity contribution < 1.29 is 9.53 Å². The second-order valence-corrected chi connectivity index (χ2v) is 6.70. The van der Waals surface area contributed by atoms with Gasteiger partial charge in [-0.2, -0.15) is 5.10 Å². The first-order valence-corrected chi connectivity index (χ1v) is 7.93. The first kappa shape index (κ1) is 16.8. The maximum absolute atomic E-state index is 12.3. The minimum atomic E-state index is -0.497. The van der Waals surface area contributed by atoms with Gasteiger partial charge in [-0.3, -0.25) is 0 Å². The van der Waals surface area contributed by atoms with Crippen LogP contribution in [0.25, 0.3) is 5.69 Å². The second-order valence-electron chi connectivity index (χ2n) is 6.70. The van der Waals surface area contributed by atoms with Crippen LogP contribution in [0.5, 0.6) is 0 Å². The van der Waals surface area contributed by atoms with Gasteiger partial charge < -0.3 is 4.74 Å². The van der Waals surface area contributed by atoms with Gasteiger partial charge in [-0.1, -0.05) is 17.3 Å². The van der Waals surface area contributed by atoms with Crippen molar-refractivity contribution in [3.63, 3.8) is 0 Å². The Kier molecular flexibility index (Phi) is 4.35. The number of nitrogens with zero attached hydrogens (tertiary/aromatic N) is 6. The van der Waals surface area contributed by atoms with Crippen LogP contribution in [0.15, 0.2) is 43.1 Å². The lowest BCUT2D eigenvalue weighted by molar-refractivity contribution is 0.0330. The summed E-state index contributed by atoms with van der Waals surface area (Å²) in [5.74, 6) is -0.497. The van der Waals surface area contributed by atoms with Crippen LogP contribution in [0.3, 0.4) is 0 Å². The first-order valence-electron chi connectivity index (χ1n) is 7.93. The van der Waals surface area contributed by atoms with Gasteiger partial charge in [0.05, 0.1) is 17.4 Å². The number of hydrogen-bond acceptors (Lipinski definition) is 6. The summed E-state index contributed by atoms with van der Waals surface area (Å²) < 4.78 is 8.79. The van der Waals surface area contributed by atoms with Crippen molar-refractivity contribution in [3.8, 4) is 5.69 Å². The summed E-state index contributed by atoms with van der Waals surface area (Å²) in [6.45, 7) is 7.76. The summed E-state index contributed by atoms with van der Waals surface area (Å²) in [4.78, 5) is 16.2. The molecule has 0 fully saturated rings. The monoisotopic (exact) mass is 340 g/mol. The average Bonchev–Trinajstić information content (AvgIpc) is 3.26. The molecule has 0 aliphatic rings. The maximum atomic E-state index is 12.3. The topological polar surface area (TPSA) is 87.7 Å². The van der Waals surface area contributed by atoms with E-state index in [1.54, 1.807) is 21.9 Å². The normalized spacial score (nSPS) is 12.8. The van der Waals surface area contributed by atoms with Crippen molar-refractivity contribution in [3.05, 3.63) is 54.4 Å². The summed E-state index contributed by atoms with van der Waals surface area (Å²) >= 11 is 0. The van der Waals surface area contributed by atoms with E-state index in [9.17, 15) is 4.79 Å². The number of rotatable bonds is 4. The van der Waals surface area contributed by atoms with Gasteiger partial charge >= 0.3 is 5.97 Å². The molecule has 0 radical (unpaired) electrons. The summed E-state index contributed by atoms with van der Waals surface area (Å²) in [6, 6.07) is 7.57. The molecule has 0 N–H and O–H groups in total. The van der Waals surface area contributed by atoms with Gasteiger partial charge in [0.1, 0.15) is 18.8 Å². The van der Waals surface area contributed by atoms with Crippen LogP contribution in [0.2, 0.25) is 0 Å². The molecule has 0 saturated heterocycles. The average molecular weight is 340 g/mol. The van der Waals surface area contributed by atoms with Gasteiger partial charge in [0.25, 0.3) is 0 Å². The summed E-state index contributed by atoms with van der Waals surface area (Å²) in [7, 11) is 0. The van der Waals surface area contributed by atoms with Crippen molar-refractivity contribution in [1.29, 1.82) is 0 Å². The molecule has 0 amide bonds. The van der Waals surface area contributed by atoms with E-state index in [1.165, 1.54) is 6.33 Å². The van der Waals surface area contributed by atoms with E-state index < -0.39 is 12.1 Å². The lowest BCUT2D eigenvalue weighted by Crippen LogP contribution is -2.22. The summed E-state index contributed by atoms with van der Waals surface area (Å²) in [6.07, 6.45) is 4.29. The number of esters is 1. The van der Waals surface area contributed by atoms with E-state index in [1.807, 2.05) is 52.0 Å². The molecule has 1 aromatic carbocycles. The lowest BCUT2D eigenvalue weighted by atomic mass is 10.1. The predicted octanol–water partition coefficient (Wildman–Crippen LogP) is 2.53. The number of carbonyl (C=O) groups excluding carboxylic acids is 1. The molecule has 8 heteroatoms. The van der Waals surface area contributed by atoms with Crippen molar-refractivity contribution in [2.75, 3.05) is 0 Å². The number of carbonyl (C=O) groups is 1. The highest BCUT2D eigenvalue weighted by Gasteiger charge is 2.21. The molecule has 2 heterocycles. The zero-order chi connectivity index (χ0) is 18.0. The number of hydrogen-bond donors (Lipinski definition) is 0. The number of ether oxygens (including phenoxy) is 1. The molecule has 3 aromatic rings. The zero-order valence-electron chi connectivity index (χ0n) is 14.6. The number of aromatic nitrogens is 6. The van der Waals surface area contributed by atoms with E-state index in [0.717, 1.165) is 11.3 Å². The molecule has 2 aromatic heterocycles. The van der Waals surface area contributed by atoms with Crippen LogP contribution in [0, 0.1) is 0 Å². The lowest BCUT2D eigenvalue weighted by Gasteiger charge is -2.17. The number of benzene rings is 1. The fraction of sp³-hybridized carbons (Fsp3) is 0.353. The molecule has 25 heavy (non-hydrogen) atoms. The van der Waals surface area contributed by atoms with Crippen LogP contribution in [0.4, 0.5) is 0 Å².